The lowest BCUT2D eigenvalue weighted by molar-refractivity contribution is -0.130. The number of imide groups is 1. The first-order chi connectivity index (χ1) is 14.5. The van der Waals surface area contributed by atoms with Crippen LogP contribution in [0, 0.1) is 0 Å². The highest BCUT2D eigenvalue weighted by atomic mass is 16.5. The summed E-state index contributed by atoms with van der Waals surface area (Å²) in [6.45, 7) is -0.410. The van der Waals surface area contributed by atoms with Gasteiger partial charge in [-0.2, -0.15) is 0 Å². The summed E-state index contributed by atoms with van der Waals surface area (Å²) in [6.07, 6.45) is 0.358. The van der Waals surface area contributed by atoms with E-state index in [1.54, 1.807) is 12.1 Å². The van der Waals surface area contributed by atoms with E-state index >= 15 is 0 Å². The molecule has 2 aromatic rings. The van der Waals surface area contributed by atoms with Crippen molar-refractivity contribution in [1.29, 1.82) is 0 Å². The van der Waals surface area contributed by atoms with Crippen molar-refractivity contribution in [3.05, 3.63) is 48.0 Å². The molecule has 0 unspecified atom stereocenters. The lowest BCUT2D eigenvalue weighted by Crippen LogP contribution is -2.38. The van der Waals surface area contributed by atoms with Gasteiger partial charge < -0.3 is 24.8 Å². The standard InChI is InChI=1S/C21H23N3O6/c1-28-16-10-14(11-17(29-2)19(16)30-3)22-18(25)12-24-20(26)15(23-21(24)27)9-13-7-5-4-6-8-13/h4-8,10-11,15H,9,12H2,1-3H3,(H,22,25)(H,23,27)/t15-/m1/s1. The third-order valence-corrected chi connectivity index (χ3v) is 4.64. The van der Waals surface area contributed by atoms with Crippen molar-refractivity contribution in [2.24, 2.45) is 0 Å². The number of hydrogen-bond acceptors (Lipinski definition) is 6. The number of nitrogens with one attached hydrogen (secondary N) is 2. The van der Waals surface area contributed by atoms with Crippen molar-refractivity contribution in [3.63, 3.8) is 0 Å². The molecule has 1 heterocycles. The molecule has 1 fully saturated rings. The van der Waals surface area contributed by atoms with Gasteiger partial charge in [0.05, 0.1) is 21.3 Å². The number of carbonyl (C=O) groups is 3. The molecular formula is C21H23N3O6. The molecular weight excluding hydrogens is 390 g/mol. The van der Waals surface area contributed by atoms with E-state index in [1.807, 2.05) is 30.3 Å². The van der Waals surface area contributed by atoms with Crippen molar-refractivity contribution < 1.29 is 28.6 Å². The van der Waals surface area contributed by atoms with E-state index in [0.717, 1.165) is 10.5 Å². The van der Waals surface area contributed by atoms with E-state index in [0.29, 0.717) is 29.4 Å². The average Bonchev–Trinajstić information content (AvgIpc) is 3.00. The van der Waals surface area contributed by atoms with Gasteiger partial charge in [-0.05, 0) is 5.56 Å². The van der Waals surface area contributed by atoms with Crippen LogP contribution < -0.4 is 24.8 Å². The molecule has 1 aliphatic heterocycles. The highest BCUT2D eigenvalue weighted by Crippen LogP contribution is 2.39. The number of benzene rings is 2. The second-order valence-corrected chi connectivity index (χ2v) is 6.58. The summed E-state index contributed by atoms with van der Waals surface area (Å²) in [6, 6.07) is 11.2. The number of methoxy groups -OCH3 is 3. The van der Waals surface area contributed by atoms with E-state index in [1.165, 1.54) is 21.3 Å². The van der Waals surface area contributed by atoms with Crippen molar-refractivity contribution in [1.82, 2.24) is 10.2 Å². The van der Waals surface area contributed by atoms with Crippen molar-refractivity contribution in [2.75, 3.05) is 33.2 Å². The molecule has 3 rings (SSSR count). The number of hydrogen-bond donors (Lipinski definition) is 2. The Labute approximate surface area is 173 Å². The van der Waals surface area contributed by atoms with Gasteiger partial charge in [-0.1, -0.05) is 30.3 Å². The normalized spacial score (nSPS) is 15.6. The lowest BCUT2D eigenvalue weighted by Gasteiger charge is -2.16. The number of anilines is 1. The summed E-state index contributed by atoms with van der Waals surface area (Å²) in [4.78, 5) is 38.2. The molecule has 2 N–H and O–H groups in total. The molecule has 0 spiro atoms. The van der Waals surface area contributed by atoms with Crippen LogP contribution >= 0.6 is 0 Å². The maximum atomic E-state index is 12.6. The molecule has 4 amide bonds. The Morgan fingerprint density at radius 1 is 1.03 bits per heavy atom. The minimum Gasteiger partial charge on any atom is -0.493 e. The molecule has 1 atom stereocenters. The largest absolute Gasteiger partial charge is 0.493 e. The minimum absolute atomic E-state index is 0.358. The minimum atomic E-state index is -0.700. The van der Waals surface area contributed by atoms with E-state index in [4.69, 9.17) is 14.2 Å². The van der Waals surface area contributed by atoms with Gasteiger partial charge in [-0.15, -0.1) is 0 Å². The third kappa shape index (κ3) is 4.45. The van der Waals surface area contributed by atoms with Crippen LogP contribution in [0.25, 0.3) is 0 Å². The molecule has 30 heavy (non-hydrogen) atoms. The quantitative estimate of drug-likeness (QED) is 0.640. The van der Waals surface area contributed by atoms with Crippen LogP contribution in [0.4, 0.5) is 10.5 Å². The highest BCUT2D eigenvalue weighted by molar-refractivity contribution is 6.08. The summed E-state index contributed by atoms with van der Waals surface area (Å²) in [5, 5.41) is 5.27. The Morgan fingerprint density at radius 3 is 2.23 bits per heavy atom. The fraction of sp³-hybridized carbons (Fsp3) is 0.286. The second-order valence-electron chi connectivity index (χ2n) is 6.58. The van der Waals surface area contributed by atoms with Crippen LogP contribution in [0.2, 0.25) is 0 Å². The number of nitrogens with zero attached hydrogens (tertiary/aromatic N) is 1. The van der Waals surface area contributed by atoms with Gasteiger partial charge in [0.15, 0.2) is 11.5 Å². The third-order valence-electron chi connectivity index (χ3n) is 4.64. The van der Waals surface area contributed by atoms with Crippen molar-refractivity contribution in [2.45, 2.75) is 12.5 Å². The van der Waals surface area contributed by atoms with Gasteiger partial charge in [0.2, 0.25) is 11.7 Å². The summed E-state index contributed by atoms with van der Waals surface area (Å²) in [5.74, 6) is 0.142. The van der Waals surface area contributed by atoms with E-state index in [-0.39, 0.29) is 0 Å². The summed E-state index contributed by atoms with van der Waals surface area (Å²) >= 11 is 0. The van der Waals surface area contributed by atoms with E-state index in [9.17, 15) is 14.4 Å². The fourth-order valence-corrected chi connectivity index (χ4v) is 3.21. The SMILES string of the molecule is COc1cc(NC(=O)CN2C(=O)N[C@H](Cc3ccccc3)C2=O)cc(OC)c1OC. The van der Waals surface area contributed by atoms with Gasteiger partial charge in [-0.25, -0.2) is 4.79 Å². The summed E-state index contributed by atoms with van der Waals surface area (Å²) < 4.78 is 15.8. The van der Waals surface area contributed by atoms with Gasteiger partial charge >= 0.3 is 6.03 Å². The first-order valence-corrected chi connectivity index (χ1v) is 9.22. The number of urea groups is 1. The maximum absolute atomic E-state index is 12.6. The molecule has 9 nitrogen and oxygen atoms in total. The van der Waals surface area contributed by atoms with Crippen LogP contribution in [0.3, 0.4) is 0 Å². The predicted molar refractivity (Wildman–Crippen MR) is 109 cm³/mol. The molecule has 158 valence electrons. The highest BCUT2D eigenvalue weighted by Gasteiger charge is 2.38. The van der Waals surface area contributed by atoms with Crippen LogP contribution in [-0.4, -0.2) is 56.7 Å². The fourth-order valence-electron chi connectivity index (χ4n) is 3.21. The van der Waals surface area contributed by atoms with Crippen molar-refractivity contribution >= 4 is 23.5 Å². The van der Waals surface area contributed by atoms with Crippen LogP contribution in [-0.2, 0) is 16.0 Å². The number of ether oxygens (including phenoxy) is 3. The topological polar surface area (TPSA) is 106 Å². The average molecular weight is 413 g/mol. The first-order valence-electron chi connectivity index (χ1n) is 9.22. The van der Waals surface area contributed by atoms with E-state index in [2.05, 4.69) is 10.6 Å². The van der Waals surface area contributed by atoms with Crippen molar-refractivity contribution in [3.8, 4) is 17.2 Å². The molecule has 1 aliphatic rings. The molecule has 0 saturated carbocycles. The molecule has 0 radical (unpaired) electrons. The van der Waals surface area contributed by atoms with Crippen LogP contribution in [0.5, 0.6) is 17.2 Å². The Kier molecular flexibility index (Phi) is 6.41. The molecule has 0 aliphatic carbocycles. The Hall–Kier alpha value is -3.75. The van der Waals surface area contributed by atoms with Gasteiger partial charge in [0, 0.05) is 24.2 Å². The maximum Gasteiger partial charge on any atom is 0.325 e. The number of carbonyl (C=O) groups excluding carboxylic acids is 3. The first kappa shape index (κ1) is 21.0. The Balaban J connectivity index is 1.67. The predicted octanol–water partition coefficient (Wildman–Crippen LogP) is 1.81. The van der Waals surface area contributed by atoms with Gasteiger partial charge in [0.25, 0.3) is 5.91 Å². The summed E-state index contributed by atoms with van der Waals surface area (Å²) in [7, 11) is 4.40. The molecule has 0 aromatic heterocycles. The molecule has 2 aromatic carbocycles. The number of amides is 4. The lowest BCUT2D eigenvalue weighted by atomic mass is 10.1. The van der Waals surface area contributed by atoms with E-state index < -0.39 is 30.4 Å². The Bertz CT molecular complexity index is 922. The zero-order valence-electron chi connectivity index (χ0n) is 16.9. The molecule has 9 heteroatoms. The number of rotatable bonds is 8. The van der Waals surface area contributed by atoms with Crippen LogP contribution in [0.15, 0.2) is 42.5 Å². The second kappa shape index (κ2) is 9.17. The Morgan fingerprint density at radius 2 is 1.67 bits per heavy atom. The zero-order chi connectivity index (χ0) is 21.7. The van der Waals surface area contributed by atoms with Gasteiger partial charge in [0.1, 0.15) is 12.6 Å². The smallest absolute Gasteiger partial charge is 0.325 e. The monoisotopic (exact) mass is 413 g/mol. The van der Waals surface area contributed by atoms with Gasteiger partial charge in [-0.3, -0.25) is 14.5 Å². The van der Waals surface area contributed by atoms with Crippen LogP contribution in [0.1, 0.15) is 5.56 Å². The summed E-state index contributed by atoms with van der Waals surface area (Å²) in [5.41, 5.74) is 1.29. The molecule has 1 saturated heterocycles. The molecule has 0 bridgehead atoms. The zero-order valence-corrected chi connectivity index (χ0v) is 16.9.